The first-order valence-corrected chi connectivity index (χ1v) is 7.27. The highest BCUT2D eigenvalue weighted by Gasteiger charge is 2.21. The number of carbonyl (C=O) groups excluding carboxylic acids is 1. The fourth-order valence-electron chi connectivity index (χ4n) is 2.37. The molecule has 1 aromatic rings. The van der Waals surface area contributed by atoms with Gasteiger partial charge in [-0.25, -0.2) is 9.97 Å². The van der Waals surface area contributed by atoms with Gasteiger partial charge in [-0.3, -0.25) is 4.79 Å². The Morgan fingerprint density at radius 2 is 1.90 bits per heavy atom. The first-order valence-electron chi connectivity index (χ1n) is 7.27. The van der Waals surface area contributed by atoms with Gasteiger partial charge in [0, 0.05) is 63.6 Å². The van der Waals surface area contributed by atoms with Crippen molar-refractivity contribution < 1.29 is 4.79 Å². The lowest BCUT2D eigenvalue weighted by molar-refractivity contribution is -0.129. The molecule has 0 radical (unpaired) electrons. The van der Waals surface area contributed by atoms with Crippen LogP contribution in [0.5, 0.6) is 0 Å². The summed E-state index contributed by atoms with van der Waals surface area (Å²) in [6.07, 6.45) is 6.38. The quantitative estimate of drug-likeness (QED) is 0.861. The van der Waals surface area contributed by atoms with Crippen LogP contribution in [0.4, 0.5) is 5.95 Å². The highest BCUT2D eigenvalue weighted by atomic mass is 16.2. The van der Waals surface area contributed by atoms with Crippen LogP contribution in [0.25, 0.3) is 0 Å². The van der Waals surface area contributed by atoms with Gasteiger partial charge in [-0.05, 0) is 12.8 Å². The standard InChI is InChI=1S/C14H21N5O/c1-11(20)18-4-6-19(7-5-18)14-16-9-12(10-17-14)8-15-13-2-3-13/h9-10,13,15H,2-8H2,1H3. The maximum atomic E-state index is 11.3. The van der Waals surface area contributed by atoms with Gasteiger partial charge in [0.05, 0.1) is 0 Å². The summed E-state index contributed by atoms with van der Waals surface area (Å²) in [5, 5.41) is 3.45. The zero-order valence-corrected chi connectivity index (χ0v) is 11.9. The number of nitrogens with zero attached hydrogens (tertiary/aromatic N) is 4. The minimum absolute atomic E-state index is 0.145. The Morgan fingerprint density at radius 3 is 2.45 bits per heavy atom. The van der Waals surface area contributed by atoms with Crippen molar-refractivity contribution in [1.29, 1.82) is 0 Å². The van der Waals surface area contributed by atoms with E-state index < -0.39 is 0 Å². The number of amides is 1. The molecule has 0 spiro atoms. The third-order valence-electron chi connectivity index (χ3n) is 3.87. The molecule has 1 amide bonds. The van der Waals surface area contributed by atoms with Crippen molar-refractivity contribution in [3.05, 3.63) is 18.0 Å². The van der Waals surface area contributed by atoms with Gasteiger partial charge in [-0.15, -0.1) is 0 Å². The van der Waals surface area contributed by atoms with E-state index in [0.717, 1.165) is 44.2 Å². The summed E-state index contributed by atoms with van der Waals surface area (Å²) in [6, 6.07) is 0.703. The summed E-state index contributed by atoms with van der Waals surface area (Å²) in [7, 11) is 0. The first kappa shape index (κ1) is 13.3. The van der Waals surface area contributed by atoms with Crippen LogP contribution in [-0.4, -0.2) is 53.0 Å². The normalized spacial score (nSPS) is 19.2. The lowest BCUT2D eigenvalue weighted by atomic mass is 10.3. The van der Waals surface area contributed by atoms with E-state index in [9.17, 15) is 4.79 Å². The van der Waals surface area contributed by atoms with E-state index in [0.29, 0.717) is 6.04 Å². The second-order valence-corrected chi connectivity index (χ2v) is 5.54. The van der Waals surface area contributed by atoms with Crippen molar-refractivity contribution in [2.45, 2.75) is 32.4 Å². The molecule has 0 atom stereocenters. The van der Waals surface area contributed by atoms with Crippen LogP contribution in [-0.2, 0) is 11.3 Å². The minimum Gasteiger partial charge on any atom is -0.339 e. The molecule has 1 saturated carbocycles. The second-order valence-electron chi connectivity index (χ2n) is 5.54. The molecule has 20 heavy (non-hydrogen) atoms. The lowest BCUT2D eigenvalue weighted by Gasteiger charge is -2.34. The molecular formula is C14H21N5O. The molecule has 0 unspecified atom stereocenters. The predicted octanol–water partition coefficient (Wildman–Crippen LogP) is 0.397. The molecule has 0 aromatic carbocycles. The second kappa shape index (κ2) is 5.75. The van der Waals surface area contributed by atoms with Gasteiger partial charge in [0.2, 0.25) is 11.9 Å². The number of rotatable bonds is 4. The highest BCUT2D eigenvalue weighted by molar-refractivity contribution is 5.73. The summed E-state index contributed by atoms with van der Waals surface area (Å²) in [4.78, 5) is 24.2. The number of hydrogen-bond acceptors (Lipinski definition) is 5. The van der Waals surface area contributed by atoms with Crippen LogP contribution in [0.15, 0.2) is 12.4 Å². The van der Waals surface area contributed by atoms with Gasteiger partial charge in [0.1, 0.15) is 0 Å². The Balaban J connectivity index is 1.53. The molecular weight excluding hydrogens is 254 g/mol. The molecule has 1 N–H and O–H groups in total. The van der Waals surface area contributed by atoms with Gasteiger partial charge in [-0.1, -0.05) is 0 Å². The van der Waals surface area contributed by atoms with Gasteiger partial charge in [-0.2, -0.15) is 0 Å². The third kappa shape index (κ3) is 3.25. The molecule has 2 aliphatic rings. The summed E-state index contributed by atoms with van der Waals surface area (Å²) in [5.41, 5.74) is 1.13. The van der Waals surface area contributed by atoms with Crippen LogP contribution in [0.1, 0.15) is 25.3 Å². The zero-order chi connectivity index (χ0) is 13.9. The highest BCUT2D eigenvalue weighted by Crippen LogP contribution is 2.19. The van der Waals surface area contributed by atoms with Gasteiger partial charge >= 0.3 is 0 Å². The summed E-state index contributed by atoms with van der Waals surface area (Å²) < 4.78 is 0. The molecule has 0 bridgehead atoms. The minimum atomic E-state index is 0.145. The van der Waals surface area contributed by atoms with Crippen molar-refractivity contribution in [3.63, 3.8) is 0 Å². The number of anilines is 1. The van der Waals surface area contributed by atoms with E-state index >= 15 is 0 Å². The van der Waals surface area contributed by atoms with E-state index in [-0.39, 0.29) is 5.91 Å². The Bertz CT molecular complexity index is 463. The van der Waals surface area contributed by atoms with Crippen LogP contribution >= 0.6 is 0 Å². The Morgan fingerprint density at radius 1 is 1.25 bits per heavy atom. The van der Waals surface area contributed by atoms with Crippen LogP contribution in [0.2, 0.25) is 0 Å². The van der Waals surface area contributed by atoms with Gasteiger partial charge in [0.15, 0.2) is 0 Å². The largest absolute Gasteiger partial charge is 0.339 e. The van der Waals surface area contributed by atoms with Gasteiger partial charge < -0.3 is 15.1 Å². The van der Waals surface area contributed by atoms with Crippen molar-refractivity contribution in [3.8, 4) is 0 Å². The van der Waals surface area contributed by atoms with Crippen molar-refractivity contribution >= 4 is 11.9 Å². The molecule has 1 aliphatic carbocycles. The first-order chi connectivity index (χ1) is 9.72. The molecule has 1 saturated heterocycles. The Labute approximate surface area is 119 Å². The molecule has 108 valence electrons. The lowest BCUT2D eigenvalue weighted by Crippen LogP contribution is -2.48. The fourth-order valence-corrected chi connectivity index (χ4v) is 2.37. The number of carbonyl (C=O) groups is 1. The summed E-state index contributed by atoms with van der Waals surface area (Å²) in [5.74, 6) is 0.912. The van der Waals surface area contributed by atoms with Crippen molar-refractivity contribution in [2.24, 2.45) is 0 Å². The maximum Gasteiger partial charge on any atom is 0.225 e. The monoisotopic (exact) mass is 275 g/mol. The van der Waals surface area contributed by atoms with Crippen LogP contribution in [0.3, 0.4) is 0 Å². The number of hydrogen-bond donors (Lipinski definition) is 1. The number of aromatic nitrogens is 2. The smallest absolute Gasteiger partial charge is 0.225 e. The fraction of sp³-hybridized carbons (Fsp3) is 0.643. The average Bonchev–Trinajstić information content (AvgIpc) is 3.30. The molecule has 1 aliphatic heterocycles. The number of piperazine rings is 1. The van der Waals surface area contributed by atoms with Crippen molar-refractivity contribution in [2.75, 3.05) is 31.1 Å². The number of nitrogens with one attached hydrogen (secondary N) is 1. The molecule has 2 heterocycles. The van der Waals surface area contributed by atoms with E-state index in [4.69, 9.17) is 0 Å². The summed E-state index contributed by atoms with van der Waals surface area (Å²) in [6.45, 7) is 5.59. The molecule has 6 heteroatoms. The van der Waals surface area contributed by atoms with E-state index in [1.165, 1.54) is 12.8 Å². The Kier molecular flexibility index (Phi) is 3.82. The zero-order valence-electron chi connectivity index (χ0n) is 11.9. The average molecular weight is 275 g/mol. The van der Waals surface area contributed by atoms with E-state index in [1.807, 2.05) is 17.3 Å². The van der Waals surface area contributed by atoms with Crippen molar-refractivity contribution in [1.82, 2.24) is 20.2 Å². The third-order valence-corrected chi connectivity index (χ3v) is 3.87. The molecule has 3 rings (SSSR count). The molecule has 1 aromatic heterocycles. The van der Waals surface area contributed by atoms with Crippen LogP contribution < -0.4 is 10.2 Å². The Hall–Kier alpha value is -1.69. The maximum absolute atomic E-state index is 11.3. The molecule has 6 nitrogen and oxygen atoms in total. The van der Waals surface area contributed by atoms with E-state index in [1.54, 1.807) is 6.92 Å². The predicted molar refractivity (Wildman–Crippen MR) is 76.4 cm³/mol. The topological polar surface area (TPSA) is 61.4 Å². The SMILES string of the molecule is CC(=O)N1CCN(c2ncc(CNC3CC3)cn2)CC1. The van der Waals surface area contributed by atoms with E-state index in [2.05, 4.69) is 20.2 Å². The molecule has 2 fully saturated rings. The van der Waals surface area contributed by atoms with Crippen LogP contribution in [0, 0.1) is 0 Å². The summed E-state index contributed by atoms with van der Waals surface area (Å²) >= 11 is 0. The van der Waals surface area contributed by atoms with Gasteiger partial charge in [0.25, 0.3) is 0 Å².